The molecule has 1 rings (SSSR count). The number of nitrogens with one attached hydrogen (secondary N) is 1. The zero-order valence-corrected chi connectivity index (χ0v) is 12.0. The van der Waals surface area contributed by atoms with Crippen LogP contribution in [0.5, 0.6) is 0 Å². The van der Waals surface area contributed by atoms with Gasteiger partial charge in [-0.15, -0.1) is 0 Å². The van der Waals surface area contributed by atoms with E-state index in [4.69, 9.17) is 11.6 Å². The van der Waals surface area contributed by atoms with Gasteiger partial charge in [-0.1, -0.05) is 25.4 Å². The molecule has 0 aliphatic carbocycles. The van der Waals surface area contributed by atoms with Gasteiger partial charge in [0.05, 0.1) is 16.4 Å². The van der Waals surface area contributed by atoms with E-state index in [0.717, 1.165) is 36.6 Å². The molecule has 3 nitrogen and oxygen atoms in total. The lowest BCUT2D eigenvalue weighted by atomic mass is 10.1. The van der Waals surface area contributed by atoms with E-state index < -0.39 is 0 Å². The van der Waals surface area contributed by atoms with Gasteiger partial charge in [0.1, 0.15) is 0 Å². The molecule has 1 N–H and O–H groups in total. The Morgan fingerprint density at radius 2 is 2.00 bits per heavy atom. The molecule has 0 spiro atoms. The summed E-state index contributed by atoms with van der Waals surface area (Å²) in [5.41, 5.74) is 2.20. The average Bonchev–Trinajstić information content (AvgIpc) is 2.60. The second-order valence-electron chi connectivity index (χ2n) is 4.39. The molecule has 1 aromatic rings. The van der Waals surface area contributed by atoms with E-state index >= 15 is 0 Å². The number of unbranched alkanes of at least 4 members (excludes halogenated alkanes) is 1. The first-order valence-electron chi connectivity index (χ1n) is 6.61. The quantitative estimate of drug-likeness (QED) is 0.726. The number of hydrogen-bond donors (Lipinski definition) is 1. The lowest BCUT2D eigenvalue weighted by molar-refractivity contribution is 0.601. The second kappa shape index (κ2) is 7.72. The predicted molar refractivity (Wildman–Crippen MR) is 73.7 cm³/mol. The predicted octanol–water partition coefficient (Wildman–Crippen LogP) is 2.96. The highest BCUT2D eigenvalue weighted by Crippen LogP contribution is 2.22. The second-order valence-corrected chi connectivity index (χ2v) is 4.77. The van der Waals surface area contributed by atoms with Crippen molar-refractivity contribution in [3.05, 3.63) is 16.4 Å². The maximum Gasteiger partial charge on any atom is 0.0849 e. The molecule has 1 aromatic heterocycles. The number of nitrogens with zero attached hydrogens (tertiary/aromatic N) is 2. The SMILES string of the molecule is CCCNCCCCc1c(Cl)c(CC)nn1C. The first-order chi connectivity index (χ1) is 8.20. The molecule has 0 amide bonds. The minimum absolute atomic E-state index is 0.872. The summed E-state index contributed by atoms with van der Waals surface area (Å²) < 4.78 is 1.93. The molecule has 0 fully saturated rings. The van der Waals surface area contributed by atoms with Crippen LogP contribution >= 0.6 is 11.6 Å². The van der Waals surface area contributed by atoms with E-state index in [1.807, 2.05) is 11.7 Å². The Hall–Kier alpha value is -0.540. The molecule has 0 saturated heterocycles. The molecule has 98 valence electrons. The molecule has 0 aromatic carbocycles. The highest BCUT2D eigenvalue weighted by Gasteiger charge is 2.11. The van der Waals surface area contributed by atoms with Gasteiger partial charge in [0.25, 0.3) is 0 Å². The third-order valence-corrected chi connectivity index (χ3v) is 3.38. The van der Waals surface area contributed by atoms with Crippen LogP contribution in [0.4, 0.5) is 0 Å². The maximum atomic E-state index is 6.29. The third-order valence-electron chi connectivity index (χ3n) is 2.95. The Morgan fingerprint density at radius 1 is 1.24 bits per heavy atom. The highest BCUT2D eigenvalue weighted by molar-refractivity contribution is 6.31. The first kappa shape index (κ1) is 14.5. The van der Waals surface area contributed by atoms with Crippen LogP contribution in [0.3, 0.4) is 0 Å². The third kappa shape index (κ3) is 4.32. The van der Waals surface area contributed by atoms with Gasteiger partial charge >= 0.3 is 0 Å². The fourth-order valence-corrected chi connectivity index (χ4v) is 2.32. The van der Waals surface area contributed by atoms with Gasteiger partial charge < -0.3 is 5.32 Å². The van der Waals surface area contributed by atoms with Crippen molar-refractivity contribution in [1.82, 2.24) is 15.1 Å². The summed E-state index contributed by atoms with van der Waals surface area (Å²) in [5.74, 6) is 0. The molecule has 0 aliphatic heterocycles. The van der Waals surface area contributed by atoms with Gasteiger partial charge in [0.15, 0.2) is 0 Å². The number of aromatic nitrogens is 2. The van der Waals surface area contributed by atoms with Crippen molar-refractivity contribution < 1.29 is 0 Å². The molecule has 0 aliphatic rings. The molecule has 1 heterocycles. The van der Waals surface area contributed by atoms with E-state index in [0.29, 0.717) is 0 Å². The van der Waals surface area contributed by atoms with Gasteiger partial charge in [-0.2, -0.15) is 5.10 Å². The van der Waals surface area contributed by atoms with E-state index in [2.05, 4.69) is 24.3 Å². The Morgan fingerprint density at radius 3 is 2.59 bits per heavy atom. The van der Waals surface area contributed by atoms with Gasteiger partial charge in [-0.25, -0.2) is 0 Å². The highest BCUT2D eigenvalue weighted by atomic mass is 35.5. The van der Waals surface area contributed by atoms with Gasteiger partial charge in [0, 0.05) is 7.05 Å². The van der Waals surface area contributed by atoms with E-state index in [1.165, 1.54) is 25.0 Å². The van der Waals surface area contributed by atoms with Crippen LogP contribution in [0, 0.1) is 0 Å². The number of aryl methyl sites for hydroxylation is 2. The standard InChI is InChI=1S/C13H24ClN3/c1-4-9-15-10-7-6-8-12-13(14)11(5-2)16-17(12)3/h15H,4-10H2,1-3H3. The number of rotatable bonds is 8. The summed E-state index contributed by atoms with van der Waals surface area (Å²) in [6.45, 7) is 6.50. The van der Waals surface area contributed by atoms with E-state index in [-0.39, 0.29) is 0 Å². The van der Waals surface area contributed by atoms with Crippen LogP contribution in [-0.4, -0.2) is 22.9 Å². The zero-order valence-electron chi connectivity index (χ0n) is 11.2. The van der Waals surface area contributed by atoms with Gasteiger partial charge in [-0.3, -0.25) is 4.68 Å². The average molecular weight is 258 g/mol. The summed E-state index contributed by atoms with van der Waals surface area (Å²) in [6.07, 6.45) is 5.50. The Balaban J connectivity index is 2.34. The van der Waals surface area contributed by atoms with Crippen LogP contribution in [0.25, 0.3) is 0 Å². The Labute approximate surface area is 110 Å². The van der Waals surface area contributed by atoms with Crippen LogP contribution in [0.2, 0.25) is 5.02 Å². The van der Waals surface area contributed by atoms with Crippen LogP contribution in [0.1, 0.15) is 44.5 Å². The summed E-state index contributed by atoms with van der Waals surface area (Å²) >= 11 is 6.29. The number of halogens is 1. The Kier molecular flexibility index (Phi) is 6.60. The number of hydrogen-bond acceptors (Lipinski definition) is 2. The van der Waals surface area contributed by atoms with Crippen LogP contribution < -0.4 is 5.32 Å². The van der Waals surface area contributed by atoms with E-state index in [1.54, 1.807) is 0 Å². The molecule has 4 heteroatoms. The normalized spacial score (nSPS) is 11.1. The minimum atomic E-state index is 0.872. The Bertz CT molecular complexity index is 334. The van der Waals surface area contributed by atoms with Crippen molar-refractivity contribution in [2.75, 3.05) is 13.1 Å². The van der Waals surface area contributed by atoms with Crippen molar-refractivity contribution in [3.8, 4) is 0 Å². The summed E-state index contributed by atoms with van der Waals surface area (Å²) in [7, 11) is 1.98. The largest absolute Gasteiger partial charge is 0.317 e. The van der Waals surface area contributed by atoms with Crippen molar-refractivity contribution in [2.24, 2.45) is 7.05 Å². The monoisotopic (exact) mass is 257 g/mol. The van der Waals surface area contributed by atoms with Gasteiger partial charge in [-0.05, 0) is 45.2 Å². The van der Waals surface area contributed by atoms with Crippen molar-refractivity contribution in [1.29, 1.82) is 0 Å². The molecule has 0 bridgehead atoms. The molecular weight excluding hydrogens is 234 g/mol. The van der Waals surface area contributed by atoms with Crippen molar-refractivity contribution in [3.63, 3.8) is 0 Å². The topological polar surface area (TPSA) is 29.9 Å². The molecule has 17 heavy (non-hydrogen) atoms. The van der Waals surface area contributed by atoms with Crippen molar-refractivity contribution >= 4 is 11.6 Å². The minimum Gasteiger partial charge on any atom is -0.317 e. The maximum absolute atomic E-state index is 6.29. The van der Waals surface area contributed by atoms with E-state index in [9.17, 15) is 0 Å². The van der Waals surface area contributed by atoms with Crippen LogP contribution in [-0.2, 0) is 19.9 Å². The van der Waals surface area contributed by atoms with Crippen LogP contribution in [0.15, 0.2) is 0 Å². The summed E-state index contributed by atoms with van der Waals surface area (Å²) in [4.78, 5) is 0. The van der Waals surface area contributed by atoms with Gasteiger partial charge in [0.2, 0.25) is 0 Å². The fraction of sp³-hybridized carbons (Fsp3) is 0.769. The zero-order chi connectivity index (χ0) is 12.7. The molecule has 0 unspecified atom stereocenters. The lowest BCUT2D eigenvalue weighted by Crippen LogP contribution is -2.16. The molecule has 0 radical (unpaired) electrons. The molecule has 0 saturated carbocycles. The fourth-order valence-electron chi connectivity index (χ4n) is 1.94. The molecule has 0 atom stereocenters. The smallest absolute Gasteiger partial charge is 0.0849 e. The van der Waals surface area contributed by atoms with Crippen molar-refractivity contribution in [2.45, 2.75) is 46.0 Å². The summed E-state index contributed by atoms with van der Waals surface area (Å²) in [5, 5.41) is 8.71. The lowest BCUT2D eigenvalue weighted by Gasteiger charge is -2.04. The molecular formula is C13H24ClN3. The summed E-state index contributed by atoms with van der Waals surface area (Å²) in [6, 6.07) is 0. The first-order valence-corrected chi connectivity index (χ1v) is 6.99.